The smallest absolute Gasteiger partial charge is 0.182 e. The van der Waals surface area contributed by atoms with Gasteiger partial charge in [-0.2, -0.15) is 0 Å². The Morgan fingerprint density at radius 1 is 1.24 bits per heavy atom. The van der Waals surface area contributed by atoms with Gasteiger partial charge in [-0.25, -0.2) is 8.42 Å². The molecule has 1 aliphatic heterocycles. The van der Waals surface area contributed by atoms with Gasteiger partial charge in [0.05, 0.1) is 10.1 Å². The lowest BCUT2D eigenvalue weighted by Gasteiger charge is -2.22. The first-order chi connectivity index (χ1) is 7.60. The fourth-order valence-corrected chi connectivity index (χ4v) is 3.88. The zero-order valence-electron chi connectivity index (χ0n) is 9.23. The van der Waals surface area contributed by atoms with Crippen molar-refractivity contribution in [2.24, 2.45) is 0 Å². The number of piperidine rings is 1. The first-order valence-electron chi connectivity index (χ1n) is 5.31. The molecule has 0 aromatic heterocycles. The Labute approximate surface area is 116 Å². The van der Waals surface area contributed by atoms with Crippen molar-refractivity contribution in [1.29, 1.82) is 0 Å². The summed E-state index contributed by atoms with van der Waals surface area (Å²) in [6.07, 6.45) is 1.69. The van der Waals surface area contributed by atoms with Gasteiger partial charge in [-0.1, -0.05) is 15.9 Å². The zero-order valence-corrected chi connectivity index (χ0v) is 12.4. The maximum absolute atomic E-state index is 12.2. The fourth-order valence-electron chi connectivity index (χ4n) is 1.90. The van der Waals surface area contributed by atoms with Crippen molar-refractivity contribution in [3.05, 3.63) is 28.7 Å². The lowest BCUT2D eigenvalue weighted by molar-refractivity contribution is 0.497. The van der Waals surface area contributed by atoms with Crippen LogP contribution >= 0.6 is 28.3 Å². The minimum Gasteiger partial charge on any atom is -0.315 e. The predicted molar refractivity (Wildman–Crippen MR) is 74.5 cm³/mol. The number of sulfone groups is 1. The van der Waals surface area contributed by atoms with Crippen molar-refractivity contribution >= 4 is 38.2 Å². The molecule has 1 aliphatic rings. The Hall–Kier alpha value is -0.100. The molecule has 6 heteroatoms. The van der Waals surface area contributed by atoms with Gasteiger partial charge in [0, 0.05) is 11.0 Å². The third-order valence-corrected chi connectivity index (χ3v) is 5.57. The average molecular weight is 341 g/mol. The monoisotopic (exact) mass is 339 g/mol. The van der Waals surface area contributed by atoms with Crippen LogP contribution in [-0.2, 0) is 9.84 Å². The van der Waals surface area contributed by atoms with Crippen LogP contribution in [0, 0.1) is 0 Å². The molecule has 0 bridgehead atoms. The van der Waals surface area contributed by atoms with Gasteiger partial charge in [0.25, 0.3) is 0 Å². The molecule has 1 aromatic rings. The fraction of sp³-hybridized carbons (Fsp3) is 0.455. The van der Waals surface area contributed by atoms with E-state index in [2.05, 4.69) is 21.2 Å². The molecule has 3 nitrogen and oxygen atoms in total. The molecule has 1 atom stereocenters. The van der Waals surface area contributed by atoms with E-state index in [1.165, 1.54) is 0 Å². The molecule has 0 saturated carbocycles. The lowest BCUT2D eigenvalue weighted by atomic mass is 10.2. The molecular formula is C11H15BrClNO2S. The molecule has 17 heavy (non-hydrogen) atoms. The summed E-state index contributed by atoms with van der Waals surface area (Å²) < 4.78 is 25.4. The van der Waals surface area contributed by atoms with Crippen molar-refractivity contribution in [2.45, 2.75) is 23.0 Å². The number of halogens is 2. The maximum Gasteiger partial charge on any atom is 0.182 e. The Balaban J connectivity index is 0.00000144. The Morgan fingerprint density at radius 2 is 1.88 bits per heavy atom. The van der Waals surface area contributed by atoms with Crippen molar-refractivity contribution < 1.29 is 8.42 Å². The summed E-state index contributed by atoms with van der Waals surface area (Å²) in [4.78, 5) is 0.421. The molecule has 1 fully saturated rings. The first-order valence-corrected chi connectivity index (χ1v) is 7.65. The summed E-state index contributed by atoms with van der Waals surface area (Å²) in [6, 6.07) is 6.86. The van der Waals surface area contributed by atoms with Crippen molar-refractivity contribution in [2.75, 3.05) is 13.1 Å². The lowest BCUT2D eigenvalue weighted by Crippen LogP contribution is -2.38. The second-order valence-electron chi connectivity index (χ2n) is 3.97. The van der Waals surface area contributed by atoms with Crippen molar-refractivity contribution in [3.8, 4) is 0 Å². The van der Waals surface area contributed by atoms with Crippen molar-refractivity contribution in [3.63, 3.8) is 0 Å². The average Bonchev–Trinajstić information content (AvgIpc) is 2.31. The van der Waals surface area contributed by atoms with Gasteiger partial charge in [0.15, 0.2) is 9.84 Å². The highest BCUT2D eigenvalue weighted by Crippen LogP contribution is 2.22. The Bertz CT molecular complexity index is 455. The third kappa shape index (κ3) is 3.44. The summed E-state index contributed by atoms with van der Waals surface area (Å²) in [6.45, 7) is 1.49. The molecule has 0 aliphatic carbocycles. The molecule has 96 valence electrons. The standard InChI is InChI=1S/C11H14BrNO2S.ClH/c12-9-3-5-10(6-4-9)16(14,15)11-2-1-7-13-8-11;/h3-6,11,13H,1-2,7-8H2;1H. The molecule has 1 unspecified atom stereocenters. The molecular weight excluding hydrogens is 326 g/mol. The molecule has 0 radical (unpaired) electrons. The van der Waals surface area contributed by atoms with Crippen LogP contribution in [0.4, 0.5) is 0 Å². The van der Waals surface area contributed by atoms with Gasteiger partial charge in [-0.3, -0.25) is 0 Å². The minimum atomic E-state index is -3.16. The second-order valence-corrected chi connectivity index (χ2v) is 7.11. The summed E-state index contributed by atoms with van der Waals surface area (Å²) in [7, 11) is -3.16. The van der Waals surface area contributed by atoms with Crippen LogP contribution < -0.4 is 5.32 Å². The molecule has 1 saturated heterocycles. The van der Waals surface area contributed by atoms with Crippen LogP contribution in [0.1, 0.15) is 12.8 Å². The van der Waals surface area contributed by atoms with E-state index in [4.69, 9.17) is 0 Å². The summed E-state index contributed by atoms with van der Waals surface area (Å²) in [5.41, 5.74) is 0. The number of nitrogens with one attached hydrogen (secondary N) is 1. The highest BCUT2D eigenvalue weighted by Gasteiger charge is 2.28. The van der Waals surface area contributed by atoms with Crippen LogP contribution in [0.25, 0.3) is 0 Å². The maximum atomic E-state index is 12.2. The van der Waals surface area contributed by atoms with Crippen LogP contribution in [-0.4, -0.2) is 26.8 Å². The van der Waals surface area contributed by atoms with Crippen LogP contribution in [0.2, 0.25) is 0 Å². The van der Waals surface area contributed by atoms with Crippen LogP contribution in [0.3, 0.4) is 0 Å². The van der Waals surface area contributed by atoms with Gasteiger partial charge < -0.3 is 5.32 Å². The topological polar surface area (TPSA) is 46.2 Å². The van der Waals surface area contributed by atoms with Gasteiger partial charge >= 0.3 is 0 Å². The van der Waals surface area contributed by atoms with E-state index in [9.17, 15) is 8.42 Å². The second kappa shape index (κ2) is 6.18. The summed E-state index contributed by atoms with van der Waals surface area (Å²) >= 11 is 3.30. The largest absolute Gasteiger partial charge is 0.315 e. The van der Waals surface area contributed by atoms with Crippen LogP contribution in [0.15, 0.2) is 33.6 Å². The van der Waals surface area contributed by atoms with E-state index < -0.39 is 9.84 Å². The molecule has 2 rings (SSSR count). The minimum absolute atomic E-state index is 0. The molecule has 0 amide bonds. The Morgan fingerprint density at radius 3 is 2.41 bits per heavy atom. The van der Waals surface area contributed by atoms with E-state index in [1.807, 2.05) is 0 Å². The molecule has 0 spiro atoms. The van der Waals surface area contributed by atoms with Crippen LogP contribution in [0.5, 0.6) is 0 Å². The van der Waals surface area contributed by atoms with E-state index in [-0.39, 0.29) is 17.7 Å². The van der Waals surface area contributed by atoms with Gasteiger partial charge in [-0.15, -0.1) is 12.4 Å². The zero-order chi connectivity index (χ0) is 11.6. The Kier molecular flexibility index (Phi) is 5.44. The van der Waals surface area contributed by atoms with Gasteiger partial charge in [0.2, 0.25) is 0 Å². The SMILES string of the molecule is Cl.O=S(=O)(c1ccc(Br)cc1)C1CCCNC1. The van der Waals surface area contributed by atoms with Gasteiger partial charge in [0.1, 0.15) is 0 Å². The molecule has 1 aromatic carbocycles. The highest BCUT2D eigenvalue weighted by molar-refractivity contribution is 9.10. The van der Waals surface area contributed by atoms with Crippen molar-refractivity contribution in [1.82, 2.24) is 5.32 Å². The summed E-state index contributed by atoms with van der Waals surface area (Å²) in [5, 5.41) is 2.86. The van der Waals surface area contributed by atoms with E-state index in [0.29, 0.717) is 11.4 Å². The molecule has 1 N–H and O–H groups in total. The molecule has 1 heterocycles. The number of hydrogen-bond acceptors (Lipinski definition) is 3. The first kappa shape index (κ1) is 15.0. The predicted octanol–water partition coefficient (Wildman–Crippen LogP) is 2.40. The normalized spacial score (nSPS) is 20.6. The summed E-state index contributed by atoms with van der Waals surface area (Å²) in [5.74, 6) is 0. The highest BCUT2D eigenvalue weighted by atomic mass is 79.9. The third-order valence-electron chi connectivity index (χ3n) is 2.83. The number of benzene rings is 1. The van der Waals surface area contributed by atoms with E-state index in [0.717, 1.165) is 23.9 Å². The number of hydrogen-bond donors (Lipinski definition) is 1. The van der Waals surface area contributed by atoms with E-state index >= 15 is 0 Å². The van der Waals surface area contributed by atoms with E-state index in [1.54, 1.807) is 24.3 Å². The number of rotatable bonds is 2. The van der Waals surface area contributed by atoms with Gasteiger partial charge in [-0.05, 0) is 43.7 Å². The quantitative estimate of drug-likeness (QED) is 0.899.